The Balaban J connectivity index is 1.87. The van der Waals surface area contributed by atoms with Gasteiger partial charge < -0.3 is 5.32 Å². The van der Waals surface area contributed by atoms with Crippen molar-refractivity contribution in [3.8, 4) is 0 Å². The molecule has 1 aromatic rings. The third-order valence-corrected chi connectivity index (χ3v) is 4.74. The third-order valence-electron chi connectivity index (χ3n) is 4.74. The van der Waals surface area contributed by atoms with E-state index in [1.54, 1.807) is 0 Å². The van der Waals surface area contributed by atoms with Crippen molar-refractivity contribution in [2.75, 3.05) is 6.54 Å². The van der Waals surface area contributed by atoms with Gasteiger partial charge in [-0.3, -0.25) is 0 Å². The van der Waals surface area contributed by atoms with Gasteiger partial charge in [-0.1, -0.05) is 56.0 Å². The second kappa shape index (κ2) is 8.46. The predicted octanol–water partition coefficient (Wildman–Crippen LogP) is 4.88. The zero-order valence-corrected chi connectivity index (χ0v) is 13.3. The van der Waals surface area contributed by atoms with Gasteiger partial charge in [-0.25, -0.2) is 0 Å². The van der Waals surface area contributed by atoms with Gasteiger partial charge in [0, 0.05) is 6.04 Å². The lowest BCUT2D eigenvalue weighted by Crippen LogP contribution is -2.38. The van der Waals surface area contributed by atoms with Crippen LogP contribution in [-0.2, 0) is 6.42 Å². The minimum absolute atomic E-state index is 0.733. The van der Waals surface area contributed by atoms with Gasteiger partial charge in [0.1, 0.15) is 0 Å². The summed E-state index contributed by atoms with van der Waals surface area (Å²) in [4.78, 5) is 0. The SMILES string of the molecule is CCCNC(CCc1ccc(C)cc1)C1CCCCC1. The van der Waals surface area contributed by atoms with E-state index in [9.17, 15) is 0 Å². The van der Waals surface area contributed by atoms with Crippen molar-refractivity contribution < 1.29 is 0 Å². The van der Waals surface area contributed by atoms with Gasteiger partial charge in [-0.05, 0) is 57.1 Å². The van der Waals surface area contributed by atoms with Gasteiger partial charge in [0.05, 0.1) is 0 Å². The van der Waals surface area contributed by atoms with Crippen molar-refractivity contribution in [3.63, 3.8) is 0 Å². The molecule has 0 bridgehead atoms. The largest absolute Gasteiger partial charge is 0.314 e. The molecule has 0 saturated heterocycles. The lowest BCUT2D eigenvalue weighted by atomic mass is 9.81. The van der Waals surface area contributed by atoms with E-state index in [4.69, 9.17) is 0 Å². The lowest BCUT2D eigenvalue weighted by Gasteiger charge is -2.31. The van der Waals surface area contributed by atoms with Crippen LogP contribution in [0.3, 0.4) is 0 Å². The molecular formula is C19H31N. The van der Waals surface area contributed by atoms with Crippen LogP contribution >= 0.6 is 0 Å². The average molecular weight is 273 g/mol. The highest BCUT2D eigenvalue weighted by molar-refractivity contribution is 5.21. The molecular weight excluding hydrogens is 242 g/mol. The van der Waals surface area contributed by atoms with Crippen molar-refractivity contribution in [1.82, 2.24) is 5.32 Å². The van der Waals surface area contributed by atoms with Gasteiger partial charge in [-0.15, -0.1) is 0 Å². The van der Waals surface area contributed by atoms with E-state index >= 15 is 0 Å². The molecule has 1 aliphatic carbocycles. The fraction of sp³-hybridized carbons (Fsp3) is 0.684. The van der Waals surface area contributed by atoms with E-state index < -0.39 is 0 Å². The number of hydrogen-bond acceptors (Lipinski definition) is 1. The van der Waals surface area contributed by atoms with Crippen molar-refractivity contribution in [1.29, 1.82) is 0 Å². The predicted molar refractivity (Wildman–Crippen MR) is 88.2 cm³/mol. The summed E-state index contributed by atoms with van der Waals surface area (Å²) < 4.78 is 0. The van der Waals surface area contributed by atoms with E-state index in [0.717, 1.165) is 12.0 Å². The first-order chi connectivity index (χ1) is 9.79. The Morgan fingerprint density at radius 1 is 1.10 bits per heavy atom. The van der Waals surface area contributed by atoms with Crippen LogP contribution in [0.15, 0.2) is 24.3 Å². The quantitative estimate of drug-likeness (QED) is 0.747. The van der Waals surface area contributed by atoms with E-state index in [1.165, 1.54) is 69.0 Å². The minimum atomic E-state index is 0.733. The summed E-state index contributed by atoms with van der Waals surface area (Å²) in [6, 6.07) is 9.81. The molecule has 1 unspecified atom stereocenters. The second-order valence-corrected chi connectivity index (χ2v) is 6.48. The molecule has 0 radical (unpaired) electrons. The van der Waals surface area contributed by atoms with Gasteiger partial charge in [0.15, 0.2) is 0 Å². The fourth-order valence-corrected chi connectivity index (χ4v) is 3.45. The molecule has 112 valence electrons. The fourth-order valence-electron chi connectivity index (χ4n) is 3.45. The van der Waals surface area contributed by atoms with Crippen LogP contribution in [0.4, 0.5) is 0 Å². The molecule has 20 heavy (non-hydrogen) atoms. The number of benzene rings is 1. The highest BCUT2D eigenvalue weighted by Gasteiger charge is 2.22. The maximum atomic E-state index is 3.82. The Morgan fingerprint density at radius 2 is 1.80 bits per heavy atom. The van der Waals surface area contributed by atoms with Crippen molar-refractivity contribution in [3.05, 3.63) is 35.4 Å². The monoisotopic (exact) mass is 273 g/mol. The molecule has 0 amide bonds. The number of rotatable bonds is 7. The Morgan fingerprint density at radius 3 is 2.45 bits per heavy atom. The highest BCUT2D eigenvalue weighted by atomic mass is 14.9. The van der Waals surface area contributed by atoms with E-state index in [0.29, 0.717) is 0 Å². The summed E-state index contributed by atoms with van der Waals surface area (Å²) in [6.07, 6.45) is 11.0. The zero-order valence-electron chi connectivity index (χ0n) is 13.3. The van der Waals surface area contributed by atoms with Gasteiger partial charge >= 0.3 is 0 Å². The summed E-state index contributed by atoms with van der Waals surface area (Å²) in [6.45, 7) is 5.61. The molecule has 1 N–H and O–H groups in total. The third kappa shape index (κ3) is 4.94. The van der Waals surface area contributed by atoms with Crippen LogP contribution in [0.5, 0.6) is 0 Å². The van der Waals surface area contributed by atoms with Gasteiger partial charge in [0.2, 0.25) is 0 Å². The summed E-state index contributed by atoms with van der Waals surface area (Å²) in [7, 11) is 0. The Hall–Kier alpha value is -0.820. The van der Waals surface area contributed by atoms with Gasteiger partial charge in [0.25, 0.3) is 0 Å². The smallest absolute Gasteiger partial charge is 0.00984 e. The molecule has 1 heteroatoms. The molecule has 1 fully saturated rings. The van der Waals surface area contributed by atoms with Gasteiger partial charge in [-0.2, -0.15) is 0 Å². The molecule has 0 aliphatic heterocycles. The standard InChI is InChI=1S/C19H31N/c1-3-15-20-19(18-7-5-4-6-8-18)14-13-17-11-9-16(2)10-12-17/h9-12,18-20H,3-8,13-15H2,1-2H3. The van der Waals surface area contributed by atoms with Crippen molar-refractivity contribution in [2.45, 2.75) is 71.3 Å². The number of nitrogens with one attached hydrogen (secondary N) is 1. The summed E-state index contributed by atoms with van der Waals surface area (Å²) in [5.41, 5.74) is 2.86. The van der Waals surface area contributed by atoms with Crippen LogP contribution in [0.1, 0.15) is 63.0 Å². The summed E-state index contributed by atoms with van der Waals surface area (Å²) in [5.74, 6) is 0.917. The maximum Gasteiger partial charge on any atom is 0.00984 e. The molecule has 1 saturated carbocycles. The Bertz CT molecular complexity index is 362. The number of aryl methyl sites for hydroxylation is 2. The molecule has 0 spiro atoms. The topological polar surface area (TPSA) is 12.0 Å². The van der Waals surface area contributed by atoms with E-state index in [2.05, 4.69) is 43.4 Å². The normalized spacial score (nSPS) is 18.1. The second-order valence-electron chi connectivity index (χ2n) is 6.48. The van der Waals surface area contributed by atoms with Crippen LogP contribution in [-0.4, -0.2) is 12.6 Å². The summed E-state index contributed by atoms with van der Waals surface area (Å²) in [5, 5.41) is 3.82. The first-order valence-corrected chi connectivity index (χ1v) is 8.58. The first kappa shape index (κ1) is 15.6. The number of hydrogen-bond donors (Lipinski definition) is 1. The van der Waals surface area contributed by atoms with E-state index in [-0.39, 0.29) is 0 Å². The lowest BCUT2D eigenvalue weighted by molar-refractivity contribution is 0.258. The average Bonchev–Trinajstić information content (AvgIpc) is 2.50. The molecule has 1 nitrogen and oxygen atoms in total. The highest BCUT2D eigenvalue weighted by Crippen LogP contribution is 2.28. The molecule has 1 aliphatic rings. The molecule has 1 aromatic carbocycles. The Kier molecular flexibility index (Phi) is 6.59. The Labute approximate surface area is 125 Å². The van der Waals surface area contributed by atoms with Crippen molar-refractivity contribution in [2.24, 2.45) is 5.92 Å². The molecule has 0 aromatic heterocycles. The maximum absolute atomic E-state index is 3.82. The summed E-state index contributed by atoms with van der Waals surface area (Å²) >= 11 is 0. The van der Waals surface area contributed by atoms with Crippen LogP contribution < -0.4 is 5.32 Å². The molecule has 1 atom stereocenters. The first-order valence-electron chi connectivity index (χ1n) is 8.58. The van der Waals surface area contributed by atoms with Crippen molar-refractivity contribution >= 4 is 0 Å². The van der Waals surface area contributed by atoms with Crippen LogP contribution in [0.25, 0.3) is 0 Å². The van der Waals surface area contributed by atoms with Crippen LogP contribution in [0, 0.1) is 12.8 Å². The van der Waals surface area contributed by atoms with Crippen LogP contribution in [0.2, 0.25) is 0 Å². The minimum Gasteiger partial charge on any atom is -0.314 e. The van der Waals surface area contributed by atoms with E-state index in [1.807, 2.05) is 0 Å². The molecule has 0 heterocycles. The zero-order chi connectivity index (χ0) is 14.2. The molecule has 2 rings (SSSR count).